The third-order valence-electron chi connectivity index (χ3n) is 1.72. The van der Waals surface area contributed by atoms with Crippen LogP contribution in [0.3, 0.4) is 0 Å². The van der Waals surface area contributed by atoms with Gasteiger partial charge in [-0.25, -0.2) is 0 Å². The summed E-state index contributed by atoms with van der Waals surface area (Å²) in [4.78, 5) is 0. The summed E-state index contributed by atoms with van der Waals surface area (Å²) >= 11 is 0. The molecule has 0 atom stereocenters. The van der Waals surface area contributed by atoms with Gasteiger partial charge in [0.1, 0.15) is 0 Å². The lowest BCUT2D eigenvalue weighted by atomic mass is 10.1. The normalized spacial score (nSPS) is 13.0. The molecule has 12 heavy (non-hydrogen) atoms. The smallest absolute Gasteiger partial charge is 0.231 e. The van der Waals surface area contributed by atoms with Crippen LogP contribution in [0.5, 0.6) is 11.5 Å². The van der Waals surface area contributed by atoms with Gasteiger partial charge in [0.25, 0.3) is 0 Å². The zero-order valence-electron chi connectivity index (χ0n) is 6.67. The van der Waals surface area contributed by atoms with Crippen LogP contribution in [0.15, 0.2) is 24.8 Å². The molecule has 0 aliphatic carbocycles. The first kappa shape index (κ1) is 7.22. The van der Waals surface area contributed by atoms with E-state index in [1.54, 1.807) is 0 Å². The summed E-state index contributed by atoms with van der Waals surface area (Å²) in [7, 11) is 0. The van der Waals surface area contributed by atoms with Crippen LogP contribution >= 0.6 is 0 Å². The Bertz CT molecular complexity index is 305. The minimum atomic E-state index is 0.309. The van der Waals surface area contributed by atoms with Crippen LogP contribution in [0.1, 0.15) is 5.56 Å². The van der Waals surface area contributed by atoms with Crippen LogP contribution < -0.4 is 9.47 Å². The standard InChI is InChI=1S/C10H9O2/c1-2-3-8-4-5-9-10(6-8)12-7-11-9/h2,4-5H,1,3,7H2. The van der Waals surface area contributed by atoms with E-state index in [9.17, 15) is 0 Å². The van der Waals surface area contributed by atoms with Gasteiger partial charge in [-0.1, -0.05) is 12.1 Å². The fourth-order valence-corrected chi connectivity index (χ4v) is 1.15. The van der Waals surface area contributed by atoms with Crippen molar-refractivity contribution in [1.29, 1.82) is 0 Å². The Morgan fingerprint density at radius 1 is 1.50 bits per heavy atom. The van der Waals surface area contributed by atoms with Crippen LogP contribution in [-0.2, 0) is 6.42 Å². The SMILES string of the molecule is C=CCc1[c]c2c(cc1)OCO2. The molecule has 1 aliphatic heterocycles. The van der Waals surface area contributed by atoms with Crippen molar-refractivity contribution in [1.82, 2.24) is 0 Å². The van der Waals surface area contributed by atoms with Gasteiger partial charge in [-0.2, -0.15) is 0 Å². The number of ether oxygens (including phenoxy) is 2. The summed E-state index contributed by atoms with van der Waals surface area (Å²) in [5, 5.41) is 0. The maximum atomic E-state index is 5.17. The maximum Gasteiger partial charge on any atom is 0.231 e. The van der Waals surface area contributed by atoms with Gasteiger partial charge >= 0.3 is 0 Å². The molecule has 0 saturated carbocycles. The summed E-state index contributed by atoms with van der Waals surface area (Å²) in [6.45, 7) is 3.97. The molecule has 0 aromatic heterocycles. The summed E-state index contributed by atoms with van der Waals surface area (Å²) in [6.07, 6.45) is 2.66. The first-order chi connectivity index (χ1) is 5.90. The molecule has 0 spiro atoms. The molecular weight excluding hydrogens is 152 g/mol. The average Bonchev–Trinajstić information content (AvgIpc) is 2.51. The van der Waals surface area contributed by atoms with Crippen molar-refractivity contribution in [2.45, 2.75) is 6.42 Å². The molecule has 1 aliphatic rings. The van der Waals surface area contributed by atoms with Crippen molar-refractivity contribution in [2.75, 3.05) is 6.79 Å². The van der Waals surface area contributed by atoms with Crippen LogP contribution in [0.4, 0.5) is 0 Å². The van der Waals surface area contributed by atoms with Gasteiger partial charge in [-0.05, 0) is 18.1 Å². The van der Waals surface area contributed by atoms with Crippen molar-refractivity contribution in [3.8, 4) is 11.5 Å². The molecule has 0 unspecified atom stereocenters. The lowest BCUT2D eigenvalue weighted by Gasteiger charge is -1.97. The van der Waals surface area contributed by atoms with E-state index in [0.29, 0.717) is 12.5 Å². The molecule has 0 fully saturated rings. The zero-order chi connectivity index (χ0) is 8.39. The molecule has 0 amide bonds. The van der Waals surface area contributed by atoms with Gasteiger partial charge in [-0.15, -0.1) is 6.58 Å². The van der Waals surface area contributed by atoms with Crippen LogP contribution in [0, 0.1) is 6.07 Å². The quantitative estimate of drug-likeness (QED) is 0.617. The number of benzene rings is 1. The van der Waals surface area contributed by atoms with E-state index in [2.05, 4.69) is 12.6 Å². The minimum absolute atomic E-state index is 0.309. The monoisotopic (exact) mass is 161 g/mol. The molecule has 1 aromatic carbocycles. The maximum absolute atomic E-state index is 5.17. The molecule has 2 heteroatoms. The number of allylic oxidation sites excluding steroid dienone is 1. The second-order valence-corrected chi connectivity index (χ2v) is 2.58. The highest BCUT2D eigenvalue weighted by atomic mass is 16.7. The van der Waals surface area contributed by atoms with Crippen LogP contribution in [-0.4, -0.2) is 6.79 Å². The van der Waals surface area contributed by atoms with E-state index in [0.717, 1.165) is 17.7 Å². The Kier molecular flexibility index (Phi) is 1.74. The Morgan fingerprint density at radius 2 is 2.42 bits per heavy atom. The molecular formula is C10H9O2. The minimum Gasteiger partial charge on any atom is -0.454 e. The summed E-state index contributed by atoms with van der Waals surface area (Å²) in [6, 6.07) is 6.98. The molecule has 1 radical (unpaired) electrons. The van der Waals surface area contributed by atoms with E-state index in [-0.39, 0.29) is 0 Å². The van der Waals surface area contributed by atoms with E-state index in [1.165, 1.54) is 0 Å². The number of hydrogen-bond acceptors (Lipinski definition) is 2. The van der Waals surface area contributed by atoms with Gasteiger partial charge in [-0.3, -0.25) is 0 Å². The lowest BCUT2D eigenvalue weighted by Crippen LogP contribution is -1.93. The van der Waals surface area contributed by atoms with Crippen molar-refractivity contribution in [3.05, 3.63) is 36.4 Å². The highest BCUT2D eigenvalue weighted by Gasteiger charge is 2.12. The van der Waals surface area contributed by atoms with Gasteiger partial charge in [0.15, 0.2) is 11.5 Å². The molecule has 61 valence electrons. The van der Waals surface area contributed by atoms with E-state index >= 15 is 0 Å². The third kappa shape index (κ3) is 1.16. The Morgan fingerprint density at radius 3 is 3.25 bits per heavy atom. The first-order valence-corrected chi connectivity index (χ1v) is 3.82. The van der Waals surface area contributed by atoms with Gasteiger partial charge in [0.05, 0.1) is 0 Å². The van der Waals surface area contributed by atoms with E-state index in [1.807, 2.05) is 18.2 Å². The average molecular weight is 161 g/mol. The topological polar surface area (TPSA) is 18.5 Å². The summed E-state index contributed by atoms with van der Waals surface area (Å²) in [5.74, 6) is 1.50. The zero-order valence-corrected chi connectivity index (χ0v) is 6.67. The van der Waals surface area contributed by atoms with Gasteiger partial charge in [0.2, 0.25) is 6.79 Å². The predicted octanol–water partition coefficient (Wildman–Crippen LogP) is 1.94. The van der Waals surface area contributed by atoms with Crippen LogP contribution in [0.25, 0.3) is 0 Å². The third-order valence-corrected chi connectivity index (χ3v) is 1.72. The molecule has 0 bridgehead atoms. The van der Waals surface area contributed by atoms with Crippen LogP contribution in [0.2, 0.25) is 0 Å². The highest BCUT2D eigenvalue weighted by molar-refractivity contribution is 5.43. The number of rotatable bonds is 2. The number of fused-ring (bicyclic) bond motifs is 1. The fourth-order valence-electron chi connectivity index (χ4n) is 1.15. The fraction of sp³-hybridized carbons (Fsp3) is 0.200. The lowest BCUT2D eigenvalue weighted by molar-refractivity contribution is 0.173. The van der Waals surface area contributed by atoms with Crippen molar-refractivity contribution in [2.24, 2.45) is 0 Å². The molecule has 2 rings (SSSR count). The molecule has 0 saturated heterocycles. The predicted molar refractivity (Wildman–Crippen MR) is 45.3 cm³/mol. The van der Waals surface area contributed by atoms with Crippen molar-refractivity contribution >= 4 is 0 Å². The first-order valence-electron chi connectivity index (χ1n) is 3.82. The summed E-state index contributed by atoms with van der Waals surface area (Å²) in [5.41, 5.74) is 1.08. The van der Waals surface area contributed by atoms with Gasteiger partial charge < -0.3 is 9.47 Å². The van der Waals surface area contributed by atoms with Gasteiger partial charge in [0, 0.05) is 6.07 Å². The highest BCUT2D eigenvalue weighted by Crippen LogP contribution is 2.31. The molecule has 2 nitrogen and oxygen atoms in total. The summed E-state index contributed by atoms with van der Waals surface area (Å²) < 4.78 is 10.3. The number of hydrogen-bond donors (Lipinski definition) is 0. The molecule has 0 N–H and O–H groups in total. The van der Waals surface area contributed by atoms with E-state index < -0.39 is 0 Å². The second-order valence-electron chi connectivity index (χ2n) is 2.58. The molecule has 1 heterocycles. The Hall–Kier alpha value is -1.44. The largest absolute Gasteiger partial charge is 0.454 e. The molecule has 1 aromatic rings. The van der Waals surface area contributed by atoms with Crippen molar-refractivity contribution < 1.29 is 9.47 Å². The van der Waals surface area contributed by atoms with E-state index in [4.69, 9.17) is 9.47 Å². The Labute approximate surface area is 71.4 Å². The van der Waals surface area contributed by atoms with Crippen molar-refractivity contribution in [3.63, 3.8) is 0 Å². The second kappa shape index (κ2) is 2.89. The Balaban J connectivity index is 2.32.